The van der Waals surface area contributed by atoms with E-state index in [9.17, 15) is 9.59 Å². The van der Waals surface area contributed by atoms with Crippen molar-refractivity contribution >= 4 is 27.6 Å². The molecule has 8 heteroatoms. The number of hydrogen-bond acceptors (Lipinski definition) is 6. The van der Waals surface area contributed by atoms with Crippen molar-refractivity contribution < 1.29 is 14.3 Å². The van der Waals surface area contributed by atoms with E-state index < -0.39 is 5.97 Å². The van der Waals surface area contributed by atoms with E-state index in [0.717, 1.165) is 11.1 Å². The molecule has 0 amide bonds. The summed E-state index contributed by atoms with van der Waals surface area (Å²) in [5.41, 5.74) is 0.194. The summed E-state index contributed by atoms with van der Waals surface area (Å²) in [4.78, 5) is 23.2. The van der Waals surface area contributed by atoms with E-state index in [-0.39, 0.29) is 18.1 Å². The summed E-state index contributed by atoms with van der Waals surface area (Å²) in [6.07, 6.45) is 2.30. The molecule has 0 saturated carbocycles. The molecule has 0 aliphatic carbocycles. The lowest BCUT2D eigenvalue weighted by atomic mass is 10.2. The highest BCUT2D eigenvalue weighted by Gasteiger charge is 2.13. The number of nitrogens with zero attached hydrogens (tertiary/aromatic N) is 2. The molecule has 1 unspecified atom stereocenters. The first-order valence-electron chi connectivity index (χ1n) is 6.07. The van der Waals surface area contributed by atoms with Gasteiger partial charge in [-0.15, -0.1) is 0 Å². The van der Waals surface area contributed by atoms with Crippen LogP contribution in [0.5, 0.6) is 0 Å². The monoisotopic (exact) mass is 347 g/mol. The number of hydrogen-bond donors (Lipinski definition) is 1. The van der Waals surface area contributed by atoms with Crippen LogP contribution < -0.4 is 10.9 Å². The summed E-state index contributed by atoms with van der Waals surface area (Å²) in [7, 11) is 2.90. The fourth-order valence-corrected chi connectivity index (χ4v) is 1.92. The Bertz CT molecular complexity index is 518. The van der Waals surface area contributed by atoms with Gasteiger partial charge in [0.1, 0.15) is 11.0 Å². The van der Waals surface area contributed by atoms with Gasteiger partial charge in [-0.25, -0.2) is 4.68 Å². The third-order valence-electron chi connectivity index (χ3n) is 2.65. The zero-order chi connectivity index (χ0) is 15.1. The van der Waals surface area contributed by atoms with Gasteiger partial charge in [0.15, 0.2) is 0 Å². The summed E-state index contributed by atoms with van der Waals surface area (Å²) >= 11 is 3.22. The first-order chi connectivity index (χ1) is 9.49. The fraction of sp³-hybridized carbons (Fsp3) is 0.583. The minimum Gasteiger partial charge on any atom is -0.468 e. The van der Waals surface area contributed by atoms with Crippen LogP contribution in [0.1, 0.15) is 13.3 Å². The van der Waals surface area contributed by atoms with E-state index in [2.05, 4.69) is 31.1 Å². The number of aromatic nitrogens is 2. The van der Waals surface area contributed by atoms with Gasteiger partial charge in [-0.05, 0) is 29.3 Å². The summed E-state index contributed by atoms with van der Waals surface area (Å²) in [5, 5.41) is 7.10. The molecule has 1 N–H and O–H groups in total. The minimum atomic E-state index is -0.527. The van der Waals surface area contributed by atoms with Gasteiger partial charge in [-0.3, -0.25) is 9.59 Å². The van der Waals surface area contributed by atoms with Crippen LogP contribution in [0.4, 0.5) is 5.69 Å². The summed E-state index contributed by atoms with van der Waals surface area (Å²) in [6.45, 7) is 2.39. The molecule has 0 spiro atoms. The number of carbonyl (C=O) groups is 1. The number of carbonyl (C=O) groups excluding carboxylic acids is 1. The van der Waals surface area contributed by atoms with Gasteiger partial charge in [0.2, 0.25) is 0 Å². The Kier molecular flexibility index (Phi) is 6.66. The zero-order valence-electron chi connectivity index (χ0n) is 11.7. The van der Waals surface area contributed by atoms with Crippen molar-refractivity contribution in [2.24, 2.45) is 0 Å². The van der Waals surface area contributed by atoms with Crippen LogP contribution in [-0.2, 0) is 20.8 Å². The van der Waals surface area contributed by atoms with E-state index in [1.807, 2.05) is 6.92 Å². The van der Waals surface area contributed by atoms with E-state index in [1.54, 1.807) is 7.11 Å². The first kappa shape index (κ1) is 16.6. The van der Waals surface area contributed by atoms with Crippen LogP contribution in [-0.4, -0.2) is 42.6 Å². The van der Waals surface area contributed by atoms with Gasteiger partial charge in [-0.2, -0.15) is 5.10 Å². The van der Waals surface area contributed by atoms with Crippen LogP contribution in [0.3, 0.4) is 0 Å². The molecule has 1 aromatic rings. The molecule has 0 radical (unpaired) electrons. The molecule has 0 bridgehead atoms. The van der Waals surface area contributed by atoms with Gasteiger partial charge in [0.25, 0.3) is 5.56 Å². The molecule has 1 atom stereocenters. The number of esters is 1. The normalized spacial score (nSPS) is 12.0. The Morgan fingerprint density at radius 2 is 2.25 bits per heavy atom. The second kappa shape index (κ2) is 8.01. The van der Waals surface area contributed by atoms with Gasteiger partial charge < -0.3 is 14.8 Å². The number of ether oxygens (including phenoxy) is 2. The van der Waals surface area contributed by atoms with Crippen LogP contribution in [0.25, 0.3) is 0 Å². The number of nitrogens with one attached hydrogen (secondary N) is 1. The highest BCUT2D eigenvalue weighted by Crippen LogP contribution is 2.17. The number of halogens is 1. The summed E-state index contributed by atoms with van der Waals surface area (Å²) in [6, 6.07) is 0.129. The lowest BCUT2D eigenvalue weighted by Crippen LogP contribution is -2.29. The van der Waals surface area contributed by atoms with E-state index >= 15 is 0 Å². The third-order valence-corrected chi connectivity index (χ3v) is 3.41. The lowest BCUT2D eigenvalue weighted by Gasteiger charge is -2.16. The highest BCUT2D eigenvalue weighted by atomic mass is 79.9. The third kappa shape index (κ3) is 4.61. The summed E-state index contributed by atoms with van der Waals surface area (Å²) < 4.78 is 10.9. The van der Waals surface area contributed by atoms with Crippen LogP contribution in [0.2, 0.25) is 0 Å². The quantitative estimate of drug-likeness (QED) is 0.741. The van der Waals surface area contributed by atoms with Gasteiger partial charge in [0.05, 0.1) is 19.0 Å². The predicted molar refractivity (Wildman–Crippen MR) is 77.8 cm³/mol. The second-order valence-corrected chi connectivity index (χ2v) is 5.03. The van der Waals surface area contributed by atoms with Crippen LogP contribution >= 0.6 is 15.9 Å². The molecule has 7 nitrogen and oxygen atoms in total. The molecule has 0 aliphatic heterocycles. The van der Waals surface area contributed by atoms with Crippen LogP contribution in [0, 0.1) is 0 Å². The molecule has 1 heterocycles. The Labute approximate surface area is 125 Å². The molecule has 1 aromatic heterocycles. The topological polar surface area (TPSA) is 82.4 Å². The Balaban J connectivity index is 2.83. The maximum absolute atomic E-state index is 12.0. The maximum Gasteiger partial charge on any atom is 0.327 e. The molecular formula is C12H18BrN3O4. The van der Waals surface area contributed by atoms with Crippen molar-refractivity contribution in [2.75, 3.05) is 26.1 Å². The Morgan fingerprint density at radius 1 is 1.55 bits per heavy atom. The second-order valence-electron chi connectivity index (χ2n) is 4.24. The zero-order valence-corrected chi connectivity index (χ0v) is 13.3. The summed E-state index contributed by atoms with van der Waals surface area (Å²) in [5.74, 6) is -0.527. The predicted octanol–water partition coefficient (Wildman–Crippen LogP) is 1.02. The Hall–Kier alpha value is -1.41. The molecule has 20 heavy (non-hydrogen) atoms. The van der Waals surface area contributed by atoms with Crippen molar-refractivity contribution in [2.45, 2.75) is 25.9 Å². The van der Waals surface area contributed by atoms with Crippen molar-refractivity contribution in [1.82, 2.24) is 9.78 Å². The van der Waals surface area contributed by atoms with Crippen LogP contribution in [0.15, 0.2) is 15.5 Å². The van der Waals surface area contributed by atoms with Crippen molar-refractivity contribution in [1.29, 1.82) is 0 Å². The molecule has 0 aliphatic rings. The Morgan fingerprint density at radius 3 is 2.85 bits per heavy atom. The number of rotatable bonds is 7. The van der Waals surface area contributed by atoms with Crippen molar-refractivity contribution in [3.05, 3.63) is 21.0 Å². The van der Waals surface area contributed by atoms with E-state index in [0.29, 0.717) is 16.8 Å². The molecular weight excluding hydrogens is 330 g/mol. The highest BCUT2D eigenvalue weighted by molar-refractivity contribution is 9.10. The molecule has 112 valence electrons. The van der Waals surface area contributed by atoms with Gasteiger partial charge in [0, 0.05) is 19.8 Å². The average molecular weight is 348 g/mol. The average Bonchev–Trinajstić information content (AvgIpc) is 2.44. The number of methoxy groups -OCH3 is 2. The fourth-order valence-electron chi connectivity index (χ4n) is 1.50. The first-order valence-corrected chi connectivity index (χ1v) is 6.86. The molecule has 1 rings (SSSR count). The van der Waals surface area contributed by atoms with Crippen molar-refractivity contribution in [3.63, 3.8) is 0 Å². The SMILES string of the molecule is COCCC(C)Nc1cnn(CC(=O)OC)c(=O)c1Br. The smallest absolute Gasteiger partial charge is 0.327 e. The molecule has 0 aromatic carbocycles. The van der Waals surface area contributed by atoms with Crippen molar-refractivity contribution in [3.8, 4) is 0 Å². The van der Waals surface area contributed by atoms with E-state index in [1.165, 1.54) is 13.3 Å². The molecule has 0 fully saturated rings. The largest absolute Gasteiger partial charge is 0.468 e. The standard InChI is InChI=1S/C12H18BrN3O4/c1-8(4-5-19-2)15-9-6-14-16(7-10(17)20-3)12(18)11(9)13/h6,8,15H,4-5,7H2,1-3H3. The lowest BCUT2D eigenvalue weighted by molar-refractivity contribution is -0.141. The number of anilines is 1. The minimum absolute atomic E-state index is 0.129. The van der Waals surface area contributed by atoms with Gasteiger partial charge in [-0.1, -0.05) is 0 Å². The van der Waals surface area contributed by atoms with E-state index in [4.69, 9.17) is 4.74 Å². The maximum atomic E-state index is 12.0. The molecule has 0 saturated heterocycles. The van der Waals surface area contributed by atoms with Gasteiger partial charge >= 0.3 is 5.97 Å².